The molecular weight excluding hydrogens is 418 g/mol. The fourth-order valence-electron chi connectivity index (χ4n) is 3.06. The van der Waals surface area contributed by atoms with Crippen molar-refractivity contribution in [2.24, 2.45) is 0 Å². The summed E-state index contributed by atoms with van der Waals surface area (Å²) in [6.45, 7) is 0.00281. The molecule has 0 radical (unpaired) electrons. The third-order valence-electron chi connectivity index (χ3n) is 4.58. The van der Waals surface area contributed by atoms with E-state index in [0.29, 0.717) is 28.2 Å². The minimum absolute atomic E-state index is 0.00281. The fraction of sp³-hybridized carbons (Fsp3) is 0.0455. The van der Waals surface area contributed by atoms with Gasteiger partial charge in [-0.1, -0.05) is 30.3 Å². The van der Waals surface area contributed by atoms with Crippen molar-refractivity contribution in [2.45, 2.75) is 6.54 Å². The lowest BCUT2D eigenvalue weighted by Crippen LogP contribution is -2.27. The number of nitriles is 1. The Bertz CT molecular complexity index is 1290. The molecule has 1 aliphatic rings. The molecule has 8 nitrogen and oxygen atoms in total. The number of rotatable bonds is 5. The van der Waals surface area contributed by atoms with Crippen molar-refractivity contribution in [1.82, 2.24) is 4.90 Å². The molecule has 1 aromatic heterocycles. The maximum absolute atomic E-state index is 12.7. The van der Waals surface area contributed by atoms with E-state index in [1.54, 1.807) is 48.5 Å². The van der Waals surface area contributed by atoms with E-state index >= 15 is 0 Å². The van der Waals surface area contributed by atoms with Gasteiger partial charge in [-0.05, 0) is 35.5 Å². The molecule has 2 amide bonds. The van der Waals surface area contributed by atoms with Crippen LogP contribution < -0.4 is 0 Å². The normalized spacial score (nSPS) is 14.8. The molecular formula is C22H13N3O5S. The van der Waals surface area contributed by atoms with E-state index in [-0.39, 0.29) is 17.1 Å². The van der Waals surface area contributed by atoms with E-state index in [1.165, 1.54) is 18.2 Å². The predicted molar refractivity (Wildman–Crippen MR) is 113 cm³/mol. The zero-order valence-corrected chi connectivity index (χ0v) is 16.7. The summed E-state index contributed by atoms with van der Waals surface area (Å²) in [6.07, 6.45) is 1.46. The van der Waals surface area contributed by atoms with Crippen molar-refractivity contribution in [1.29, 1.82) is 5.26 Å². The topological polar surface area (TPSA) is 117 Å². The van der Waals surface area contributed by atoms with E-state index < -0.39 is 16.1 Å². The number of hydrogen-bond acceptors (Lipinski definition) is 7. The van der Waals surface area contributed by atoms with Crippen molar-refractivity contribution in [3.05, 3.63) is 92.6 Å². The highest BCUT2D eigenvalue weighted by Crippen LogP contribution is 2.34. The summed E-state index contributed by atoms with van der Waals surface area (Å²) in [7, 11) is 0. The lowest BCUT2D eigenvalue weighted by Gasteiger charge is -2.13. The number of benzene rings is 2. The van der Waals surface area contributed by atoms with E-state index in [2.05, 4.69) is 6.07 Å². The SMILES string of the molecule is N#Cc1ccccc1CN1C(=O)S/C(=C/c2ccc(-c3cccc([N+](=O)[O-])c3)o2)C1=O. The van der Waals surface area contributed by atoms with Gasteiger partial charge in [0.2, 0.25) is 0 Å². The van der Waals surface area contributed by atoms with Crippen LogP contribution in [-0.2, 0) is 11.3 Å². The zero-order valence-electron chi connectivity index (χ0n) is 15.8. The largest absolute Gasteiger partial charge is 0.457 e. The van der Waals surface area contributed by atoms with Crippen LogP contribution in [0.5, 0.6) is 0 Å². The molecule has 4 rings (SSSR count). The number of non-ortho nitro benzene ring substituents is 1. The lowest BCUT2D eigenvalue weighted by atomic mass is 10.1. The molecule has 0 bridgehead atoms. The molecule has 31 heavy (non-hydrogen) atoms. The number of thioether (sulfide) groups is 1. The van der Waals surface area contributed by atoms with E-state index in [0.717, 1.165) is 16.7 Å². The number of furan rings is 1. The van der Waals surface area contributed by atoms with Crippen LogP contribution in [0.15, 0.2) is 70.0 Å². The number of nitrogens with zero attached hydrogens (tertiary/aromatic N) is 3. The number of nitro groups is 1. The molecule has 0 aliphatic carbocycles. The van der Waals surface area contributed by atoms with Gasteiger partial charge in [-0.2, -0.15) is 5.26 Å². The second-order valence-electron chi connectivity index (χ2n) is 6.55. The quantitative estimate of drug-likeness (QED) is 0.318. The van der Waals surface area contributed by atoms with Crippen molar-refractivity contribution < 1.29 is 18.9 Å². The molecule has 0 N–H and O–H groups in total. The molecule has 0 unspecified atom stereocenters. The molecule has 0 saturated carbocycles. The molecule has 0 spiro atoms. The fourth-order valence-corrected chi connectivity index (χ4v) is 3.88. The highest BCUT2D eigenvalue weighted by molar-refractivity contribution is 8.18. The van der Waals surface area contributed by atoms with Gasteiger partial charge in [0.25, 0.3) is 16.8 Å². The summed E-state index contributed by atoms with van der Waals surface area (Å²) in [6, 6.07) is 18.1. The van der Waals surface area contributed by atoms with Crippen molar-refractivity contribution in [3.63, 3.8) is 0 Å². The second-order valence-corrected chi connectivity index (χ2v) is 7.54. The second kappa shape index (κ2) is 8.30. The van der Waals surface area contributed by atoms with Crippen LogP contribution in [0.3, 0.4) is 0 Å². The van der Waals surface area contributed by atoms with E-state index in [4.69, 9.17) is 4.42 Å². The van der Waals surface area contributed by atoms with Crippen molar-refractivity contribution >= 4 is 34.7 Å². The molecule has 1 aliphatic heterocycles. The van der Waals surface area contributed by atoms with E-state index in [1.807, 2.05) is 0 Å². The van der Waals surface area contributed by atoms with Gasteiger partial charge in [-0.3, -0.25) is 24.6 Å². The van der Waals surface area contributed by atoms with Crippen LogP contribution in [0.4, 0.5) is 10.5 Å². The number of hydrogen-bond donors (Lipinski definition) is 0. The summed E-state index contributed by atoms with van der Waals surface area (Å²) in [4.78, 5) is 36.8. The molecule has 1 saturated heterocycles. The van der Waals surface area contributed by atoms with Gasteiger partial charge in [0.05, 0.1) is 28.0 Å². The Morgan fingerprint density at radius 3 is 2.71 bits per heavy atom. The average Bonchev–Trinajstić information content (AvgIpc) is 3.34. The first-order chi connectivity index (χ1) is 15.0. The van der Waals surface area contributed by atoms with Gasteiger partial charge >= 0.3 is 0 Å². The molecule has 9 heteroatoms. The standard InChI is InChI=1S/C22H13N3O5S/c23-12-15-4-1-2-5-16(15)13-24-21(26)20(31-22(24)27)11-18-8-9-19(30-18)14-6-3-7-17(10-14)25(28)29/h1-11H,13H2/b20-11+. The summed E-state index contributed by atoms with van der Waals surface area (Å²) in [5.41, 5.74) is 1.45. The number of nitro benzene ring substituents is 1. The van der Waals surface area contributed by atoms with Crippen LogP contribution in [0.2, 0.25) is 0 Å². The Hall–Kier alpha value is -4.16. The molecule has 3 aromatic rings. The molecule has 0 atom stereocenters. The van der Waals surface area contributed by atoms with Gasteiger partial charge < -0.3 is 4.42 Å². The lowest BCUT2D eigenvalue weighted by molar-refractivity contribution is -0.384. The zero-order chi connectivity index (χ0) is 22.0. The first-order valence-corrected chi connectivity index (χ1v) is 9.86. The Balaban J connectivity index is 1.56. The van der Waals surface area contributed by atoms with Crippen LogP contribution in [0.25, 0.3) is 17.4 Å². The first kappa shape index (κ1) is 20.1. The van der Waals surface area contributed by atoms with Gasteiger partial charge in [-0.15, -0.1) is 0 Å². The Morgan fingerprint density at radius 2 is 1.94 bits per heavy atom. The third kappa shape index (κ3) is 4.10. The van der Waals surface area contributed by atoms with Gasteiger partial charge in [0.1, 0.15) is 11.5 Å². The van der Waals surface area contributed by atoms with Crippen LogP contribution >= 0.6 is 11.8 Å². The van der Waals surface area contributed by atoms with Crippen LogP contribution in [0, 0.1) is 21.4 Å². The number of carbonyl (C=O) groups excluding carboxylic acids is 2. The molecule has 2 heterocycles. The summed E-state index contributed by atoms with van der Waals surface area (Å²) < 4.78 is 5.70. The highest BCUT2D eigenvalue weighted by atomic mass is 32.2. The van der Waals surface area contributed by atoms with Crippen LogP contribution in [-0.4, -0.2) is 21.0 Å². The van der Waals surface area contributed by atoms with Gasteiger partial charge in [0.15, 0.2) is 0 Å². The summed E-state index contributed by atoms with van der Waals surface area (Å²) in [5, 5.41) is 19.7. The monoisotopic (exact) mass is 431 g/mol. The maximum atomic E-state index is 12.7. The summed E-state index contributed by atoms with van der Waals surface area (Å²) in [5.74, 6) is 0.262. The minimum atomic E-state index is -0.492. The Labute approximate surface area is 180 Å². The van der Waals surface area contributed by atoms with Crippen molar-refractivity contribution in [3.8, 4) is 17.4 Å². The number of imide groups is 1. The molecule has 1 fully saturated rings. The third-order valence-corrected chi connectivity index (χ3v) is 5.49. The molecule has 2 aromatic carbocycles. The molecule has 152 valence electrons. The first-order valence-electron chi connectivity index (χ1n) is 9.04. The Morgan fingerprint density at radius 1 is 1.13 bits per heavy atom. The summed E-state index contributed by atoms with van der Waals surface area (Å²) >= 11 is 0.787. The average molecular weight is 431 g/mol. The van der Waals surface area contributed by atoms with Crippen molar-refractivity contribution in [2.75, 3.05) is 0 Å². The Kier molecular flexibility index (Phi) is 5.39. The number of carbonyl (C=O) groups is 2. The van der Waals surface area contributed by atoms with E-state index in [9.17, 15) is 25.0 Å². The minimum Gasteiger partial charge on any atom is -0.457 e. The van der Waals surface area contributed by atoms with Crippen LogP contribution in [0.1, 0.15) is 16.9 Å². The smallest absolute Gasteiger partial charge is 0.293 e. The highest BCUT2D eigenvalue weighted by Gasteiger charge is 2.35. The van der Waals surface area contributed by atoms with Gasteiger partial charge in [-0.25, -0.2) is 0 Å². The van der Waals surface area contributed by atoms with Gasteiger partial charge in [0, 0.05) is 23.8 Å². The maximum Gasteiger partial charge on any atom is 0.293 e. The predicted octanol–water partition coefficient (Wildman–Crippen LogP) is 4.96. The number of amides is 2.